The highest BCUT2D eigenvalue weighted by atomic mass is 31.2. The summed E-state index contributed by atoms with van der Waals surface area (Å²) in [7, 11) is 1.26. The Bertz CT molecular complexity index is 1880. The van der Waals surface area contributed by atoms with Crippen LogP contribution in [0.2, 0.25) is 0 Å². The lowest BCUT2D eigenvalue weighted by atomic mass is 9.80. The van der Waals surface area contributed by atoms with E-state index in [9.17, 15) is 14.9 Å². The Labute approximate surface area is 316 Å². The van der Waals surface area contributed by atoms with Crippen LogP contribution in [-0.2, 0) is 24.1 Å². The van der Waals surface area contributed by atoms with Crippen LogP contribution in [0.15, 0.2) is 101 Å². The summed E-state index contributed by atoms with van der Waals surface area (Å²) in [6.07, 6.45) is -2.76. The van der Waals surface area contributed by atoms with E-state index in [-0.39, 0.29) is 38.3 Å². The number of halogens is 1. The lowest BCUT2D eigenvalue weighted by Gasteiger charge is -2.44. The Morgan fingerprint density at radius 1 is 0.926 bits per heavy atom. The predicted molar refractivity (Wildman–Crippen MR) is 203 cm³/mol. The fraction of sp³-hybridized carbons (Fsp3) is 0.425. The molecule has 0 aliphatic carbocycles. The molecule has 1 saturated heterocycles. The van der Waals surface area contributed by atoms with Crippen molar-refractivity contribution in [2.45, 2.75) is 76.2 Å². The minimum atomic E-state index is -1.94. The van der Waals surface area contributed by atoms with Gasteiger partial charge in [-0.25, -0.2) is 13.9 Å². The van der Waals surface area contributed by atoms with Crippen LogP contribution in [0.25, 0.3) is 0 Å². The molecule has 1 aliphatic rings. The monoisotopic (exact) mass is 762 g/mol. The zero-order valence-electron chi connectivity index (χ0n) is 31.4. The van der Waals surface area contributed by atoms with Gasteiger partial charge < -0.3 is 28.0 Å². The van der Waals surface area contributed by atoms with E-state index in [4.69, 9.17) is 28.0 Å². The standard InChI is InChI=1S/C40H48FN4O8P/c1-27(2)45(28(3)4)54(52-24-10-22-42)53-38-35(50-25-34(37(38)41)44-23-21-36(46)43-39(44)47)26-51-40(29-11-8-7-9-12-29,30-13-17-32(48-5)18-14-30)31-15-19-33(49-6)20-16-31/h7-9,11-21,23,27-28,34-35,37-38H,10,24-26H2,1-6H3,(H,43,46,47)/t34-,35-,37-,38?,54?/m1/s1. The largest absolute Gasteiger partial charge is 0.497 e. The van der Waals surface area contributed by atoms with E-state index >= 15 is 4.39 Å². The highest BCUT2D eigenvalue weighted by Crippen LogP contribution is 2.50. The number of rotatable bonds is 17. The molecular weight excluding hydrogens is 714 g/mol. The molecule has 3 aromatic carbocycles. The molecule has 12 nitrogen and oxygen atoms in total. The summed E-state index contributed by atoms with van der Waals surface area (Å²) in [5, 5.41) is 9.29. The molecular formula is C40H48FN4O8P. The summed E-state index contributed by atoms with van der Waals surface area (Å²) in [6.45, 7) is 7.63. The molecule has 1 N–H and O–H groups in total. The minimum Gasteiger partial charge on any atom is -0.497 e. The van der Waals surface area contributed by atoms with Gasteiger partial charge in [0.1, 0.15) is 29.3 Å². The molecule has 0 spiro atoms. The van der Waals surface area contributed by atoms with Gasteiger partial charge in [-0.05, 0) is 68.7 Å². The maximum Gasteiger partial charge on any atom is 0.328 e. The summed E-state index contributed by atoms with van der Waals surface area (Å²) in [4.78, 5) is 27.0. The molecule has 288 valence electrons. The average Bonchev–Trinajstić information content (AvgIpc) is 3.17. The Kier molecular flexibility index (Phi) is 14.2. The second kappa shape index (κ2) is 18.8. The second-order valence-electron chi connectivity index (χ2n) is 13.3. The van der Waals surface area contributed by atoms with Crippen molar-refractivity contribution in [3.05, 3.63) is 129 Å². The van der Waals surface area contributed by atoms with Gasteiger partial charge in [0.15, 0.2) is 6.17 Å². The van der Waals surface area contributed by atoms with E-state index in [0.717, 1.165) is 27.3 Å². The van der Waals surface area contributed by atoms with Gasteiger partial charge in [0.05, 0.1) is 52.6 Å². The van der Waals surface area contributed by atoms with Crippen LogP contribution in [0.5, 0.6) is 11.5 Å². The molecule has 14 heteroatoms. The first kappa shape index (κ1) is 40.8. The quantitative estimate of drug-likeness (QED) is 0.0721. The predicted octanol–water partition coefficient (Wildman–Crippen LogP) is 6.50. The van der Waals surface area contributed by atoms with Gasteiger partial charge in [0, 0.05) is 24.3 Å². The van der Waals surface area contributed by atoms with Crippen molar-refractivity contribution in [2.24, 2.45) is 0 Å². The van der Waals surface area contributed by atoms with Gasteiger partial charge in [0.25, 0.3) is 14.1 Å². The number of benzene rings is 3. The molecule has 0 radical (unpaired) electrons. The number of hydrogen-bond acceptors (Lipinski definition) is 10. The summed E-state index contributed by atoms with van der Waals surface area (Å²) >= 11 is 0. The van der Waals surface area contributed by atoms with Crippen molar-refractivity contribution in [3.63, 3.8) is 0 Å². The summed E-state index contributed by atoms with van der Waals surface area (Å²) in [5.74, 6) is 1.32. The lowest BCUT2D eigenvalue weighted by Crippen LogP contribution is -2.54. The lowest BCUT2D eigenvalue weighted by molar-refractivity contribution is -0.163. The van der Waals surface area contributed by atoms with Crippen molar-refractivity contribution < 1.29 is 32.4 Å². The molecule has 54 heavy (non-hydrogen) atoms. The Balaban J connectivity index is 1.61. The van der Waals surface area contributed by atoms with Crippen molar-refractivity contribution in [1.29, 1.82) is 5.26 Å². The van der Waals surface area contributed by atoms with Gasteiger partial charge >= 0.3 is 5.69 Å². The Morgan fingerprint density at radius 2 is 1.50 bits per heavy atom. The first-order valence-electron chi connectivity index (χ1n) is 17.8. The number of alkyl halides is 1. The van der Waals surface area contributed by atoms with Gasteiger partial charge in [-0.15, -0.1) is 0 Å². The molecule has 1 aromatic heterocycles. The third kappa shape index (κ3) is 9.09. The Morgan fingerprint density at radius 3 is 2.02 bits per heavy atom. The van der Waals surface area contributed by atoms with Crippen LogP contribution in [0.4, 0.5) is 4.39 Å². The molecule has 2 heterocycles. The maximum absolute atomic E-state index is 17.2. The van der Waals surface area contributed by atoms with Crippen LogP contribution in [0.1, 0.15) is 56.8 Å². The zero-order valence-corrected chi connectivity index (χ0v) is 32.3. The number of hydrogen-bond donors (Lipinski definition) is 1. The number of H-pyrrole nitrogens is 1. The molecule has 4 aromatic rings. The van der Waals surface area contributed by atoms with Crippen LogP contribution >= 0.6 is 8.53 Å². The van der Waals surface area contributed by atoms with Gasteiger partial charge in [-0.1, -0.05) is 54.6 Å². The normalized spacial score (nSPS) is 19.5. The minimum absolute atomic E-state index is 0.0658. The molecule has 5 atom stereocenters. The average molecular weight is 763 g/mol. The highest BCUT2D eigenvalue weighted by Gasteiger charge is 2.48. The van der Waals surface area contributed by atoms with Gasteiger partial charge in [0.2, 0.25) is 0 Å². The molecule has 5 rings (SSSR count). The fourth-order valence-corrected chi connectivity index (χ4v) is 8.47. The zero-order chi connectivity index (χ0) is 38.8. The van der Waals surface area contributed by atoms with E-state index in [1.54, 1.807) is 14.2 Å². The first-order chi connectivity index (χ1) is 26.0. The van der Waals surface area contributed by atoms with Crippen molar-refractivity contribution in [1.82, 2.24) is 14.2 Å². The number of aromatic amines is 1. The number of nitriles is 1. The van der Waals surface area contributed by atoms with Crippen LogP contribution in [-0.4, -0.2) is 78.7 Å². The van der Waals surface area contributed by atoms with E-state index in [2.05, 4.69) is 11.1 Å². The number of methoxy groups -OCH3 is 2. The van der Waals surface area contributed by atoms with E-state index < -0.39 is 49.8 Å². The third-order valence-corrected chi connectivity index (χ3v) is 11.4. The highest BCUT2D eigenvalue weighted by molar-refractivity contribution is 7.44. The number of nitrogens with zero attached hydrogens (tertiary/aromatic N) is 3. The maximum atomic E-state index is 17.2. The van der Waals surface area contributed by atoms with Crippen molar-refractivity contribution in [3.8, 4) is 17.6 Å². The first-order valence-corrected chi connectivity index (χ1v) is 19.0. The smallest absolute Gasteiger partial charge is 0.328 e. The third-order valence-electron chi connectivity index (χ3n) is 9.25. The fourth-order valence-electron chi connectivity index (χ4n) is 6.70. The summed E-state index contributed by atoms with van der Waals surface area (Å²) in [5.41, 5.74) is -0.257. The van der Waals surface area contributed by atoms with E-state index in [1.807, 2.05) is 111 Å². The van der Waals surface area contributed by atoms with E-state index in [1.165, 1.54) is 6.20 Å². The van der Waals surface area contributed by atoms with Crippen LogP contribution in [0, 0.1) is 11.3 Å². The SMILES string of the molecule is COc1ccc(C(OC[C@H]2OC[C@@H](n3ccc(=O)[nH]c3=O)[C@@H](F)C2OP(OCCC#N)N(C(C)C)C(C)C)(c2ccccc2)c2ccc(OC)cc2)cc1. The summed E-state index contributed by atoms with van der Waals surface area (Å²) in [6, 6.07) is 26.8. The van der Waals surface area contributed by atoms with Gasteiger partial charge in [-0.3, -0.25) is 14.3 Å². The van der Waals surface area contributed by atoms with Crippen LogP contribution < -0.4 is 20.7 Å². The number of aromatic nitrogens is 2. The Hall–Kier alpha value is -4.41. The summed E-state index contributed by atoms with van der Waals surface area (Å²) < 4.78 is 57.7. The van der Waals surface area contributed by atoms with Gasteiger partial charge in [-0.2, -0.15) is 5.26 Å². The topological polar surface area (TPSA) is 137 Å². The number of ether oxygens (including phenoxy) is 4. The second-order valence-corrected chi connectivity index (χ2v) is 14.7. The molecule has 0 saturated carbocycles. The number of nitrogens with one attached hydrogen (secondary N) is 1. The molecule has 0 amide bonds. The molecule has 0 bridgehead atoms. The molecule has 2 unspecified atom stereocenters. The molecule has 1 fully saturated rings. The van der Waals surface area contributed by atoms with Crippen molar-refractivity contribution >= 4 is 8.53 Å². The van der Waals surface area contributed by atoms with Crippen LogP contribution in [0.3, 0.4) is 0 Å². The van der Waals surface area contributed by atoms with Crippen molar-refractivity contribution in [2.75, 3.05) is 34.0 Å². The molecule has 1 aliphatic heterocycles. The van der Waals surface area contributed by atoms with E-state index in [0.29, 0.717) is 11.5 Å².